The van der Waals surface area contributed by atoms with Crippen LogP contribution in [0.4, 0.5) is 5.69 Å². The Labute approximate surface area is 142 Å². The average molecular weight is 334 g/mol. The third-order valence-corrected chi connectivity index (χ3v) is 6.43. The van der Waals surface area contributed by atoms with E-state index in [9.17, 15) is 4.79 Å². The number of benzene rings is 1. The van der Waals surface area contributed by atoms with Gasteiger partial charge in [0, 0.05) is 12.1 Å². The summed E-state index contributed by atoms with van der Waals surface area (Å²) >= 11 is 6.14. The highest BCUT2D eigenvalue weighted by Gasteiger charge is 2.51. The first kappa shape index (κ1) is 15.3. The summed E-state index contributed by atoms with van der Waals surface area (Å²) in [5, 5.41) is 3.56. The number of nitrogens with one attached hydrogen (secondary N) is 1. The largest absolute Gasteiger partial charge is 0.495 e. The first-order valence-corrected chi connectivity index (χ1v) is 9.06. The van der Waals surface area contributed by atoms with Gasteiger partial charge in [-0.25, -0.2) is 0 Å². The van der Waals surface area contributed by atoms with E-state index >= 15 is 0 Å². The molecule has 4 heteroatoms. The molecule has 4 aliphatic rings. The summed E-state index contributed by atoms with van der Waals surface area (Å²) in [6.07, 6.45) is 8.68. The molecule has 0 unspecified atom stereocenters. The van der Waals surface area contributed by atoms with E-state index in [4.69, 9.17) is 16.3 Å². The number of ether oxygens (including phenoxy) is 1. The quantitative estimate of drug-likeness (QED) is 0.851. The van der Waals surface area contributed by atoms with Gasteiger partial charge in [0.25, 0.3) is 0 Å². The van der Waals surface area contributed by atoms with E-state index in [1.54, 1.807) is 19.2 Å². The summed E-state index contributed by atoms with van der Waals surface area (Å²) in [4.78, 5) is 12.6. The highest BCUT2D eigenvalue weighted by atomic mass is 35.5. The van der Waals surface area contributed by atoms with E-state index in [-0.39, 0.29) is 11.3 Å². The van der Waals surface area contributed by atoms with Crippen molar-refractivity contribution in [3.05, 3.63) is 23.2 Å². The van der Waals surface area contributed by atoms with Gasteiger partial charge in [0.2, 0.25) is 5.91 Å². The fraction of sp³-hybridized carbons (Fsp3) is 0.632. The zero-order valence-electron chi connectivity index (χ0n) is 13.6. The van der Waals surface area contributed by atoms with Crippen LogP contribution in [0.3, 0.4) is 0 Å². The van der Waals surface area contributed by atoms with Gasteiger partial charge in [-0.15, -0.1) is 0 Å². The van der Waals surface area contributed by atoms with Crippen LogP contribution in [0.15, 0.2) is 18.2 Å². The Morgan fingerprint density at radius 3 is 2.35 bits per heavy atom. The molecule has 4 bridgehead atoms. The van der Waals surface area contributed by atoms with Gasteiger partial charge in [0.15, 0.2) is 0 Å². The first-order chi connectivity index (χ1) is 11.0. The van der Waals surface area contributed by atoms with Crippen LogP contribution in [0, 0.1) is 23.2 Å². The minimum absolute atomic E-state index is 0.133. The number of carbonyl (C=O) groups excluding carboxylic acids is 1. The molecule has 4 aliphatic carbocycles. The van der Waals surface area contributed by atoms with Crippen molar-refractivity contribution in [3.63, 3.8) is 0 Å². The highest BCUT2D eigenvalue weighted by Crippen LogP contribution is 2.61. The van der Waals surface area contributed by atoms with Gasteiger partial charge in [-0.1, -0.05) is 11.6 Å². The van der Waals surface area contributed by atoms with Crippen LogP contribution in [0.5, 0.6) is 5.75 Å². The summed E-state index contributed by atoms with van der Waals surface area (Å²) < 4.78 is 5.15. The van der Waals surface area contributed by atoms with E-state index in [1.807, 2.05) is 6.07 Å². The zero-order valence-corrected chi connectivity index (χ0v) is 14.4. The Morgan fingerprint density at radius 2 is 1.83 bits per heavy atom. The summed E-state index contributed by atoms with van der Waals surface area (Å²) in [5.41, 5.74) is 1.03. The second-order valence-electron chi connectivity index (χ2n) is 7.99. The zero-order chi connectivity index (χ0) is 16.0. The number of hydrogen-bond donors (Lipinski definition) is 1. The van der Waals surface area contributed by atoms with Crippen molar-refractivity contribution in [3.8, 4) is 5.75 Å². The third kappa shape index (κ3) is 2.96. The smallest absolute Gasteiger partial charge is 0.224 e. The van der Waals surface area contributed by atoms with Crippen LogP contribution in [0.1, 0.15) is 44.9 Å². The second kappa shape index (κ2) is 5.70. The molecule has 4 saturated carbocycles. The molecule has 1 aromatic carbocycles. The summed E-state index contributed by atoms with van der Waals surface area (Å²) in [5.74, 6) is 3.40. The SMILES string of the molecule is COc1ccc(NC(=O)CC23CC4CC(CC(C4)C2)C3)cc1Cl. The van der Waals surface area contributed by atoms with E-state index < -0.39 is 0 Å². The van der Waals surface area contributed by atoms with Crippen molar-refractivity contribution in [2.24, 2.45) is 23.2 Å². The Bertz CT molecular complexity index is 593. The van der Waals surface area contributed by atoms with Crippen LogP contribution in [0.2, 0.25) is 5.02 Å². The van der Waals surface area contributed by atoms with Gasteiger partial charge in [0.1, 0.15) is 5.75 Å². The predicted octanol–water partition coefficient (Wildman–Crippen LogP) is 4.89. The lowest BCUT2D eigenvalue weighted by Crippen LogP contribution is -2.47. The highest BCUT2D eigenvalue weighted by molar-refractivity contribution is 6.32. The lowest BCUT2D eigenvalue weighted by Gasteiger charge is -2.56. The predicted molar refractivity (Wildman–Crippen MR) is 91.9 cm³/mol. The maximum Gasteiger partial charge on any atom is 0.224 e. The number of methoxy groups -OCH3 is 1. The Balaban J connectivity index is 1.43. The molecule has 0 spiro atoms. The van der Waals surface area contributed by atoms with Crippen LogP contribution >= 0.6 is 11.6 Å². The van der Waals surface area contributed by atoms with Gasteiger partial charge in [-0.3, -0.25) is 4.79 Å². The molecule has 4 fully saturated rings. The lowest BCUT2D eigenvalue weighted by atomic mass is 9.49. The van der Waals surface area contributed by atoms with Crippen LogP contribution < -0.4 is 10.1 Å². The number of carbonyl (C=O) groups is 1. The number of anilines is 1. The molecular weight excluding hydrogens is 310 g/mol. The van der Waals surface area contributed by atoms with Gasteiger partial charge < -0.3 is 10.1 Å². The van der Waals surface area contributed by atoms with Crippen LogP contribution in [-0.2, 0) is 4.79 Å². The molecule has 124 valence electrons. The summed E-state index contributed by atoms with van der Waals surface area (Å²) in [6, 6.07) is 5.41. The minimum atomic E-state index is 0.133. The van der Waals surface area contributed by atoms with Crippen LogP contribution in [-0.4, -0.2) is 13.0 Å². The molecule has 5 rings (SSSR count). The fourth-order valence-corrected chi connectivity index (χ4v) is 6.05. The minimum Gasteiger partial charge on any atom is -0.495 e. The van der Waals surface area contributed by atoms with E-state index in [1.165, 1.54) is 38.5 Å². The maximum absolute atomic E-state index is 12.6. The van der Waals surface area contributed by atoms with Crippen molar-refractivity contribution in [1.29, 1.82) is 0 Å². The maximum atomic E-state index is 12.6. The van der Waals surface area contributed by atoms with Crippen LogP contribution in [0.25, 0.3) is 0 Å². The Kier molecular flexibility index (Phi) is 3.79. The molecule has 0 aliphatic heterocycles. The fourth-order valence-electron chi connectivity index (χ4n) is 5.80. The standard InChI is InChI=1S/C19H24ClNO2/c1-23-17-3-2-15(7-16(17)20)21-18(22)11-19-8-12-4-13(9-19)6-14(5-12)10-19/h2-3,7,12-14H,4-6,8-11H2,1H3,(H,21,22). The van der Waals surface area contributed by atoms with Crippen molar-refractivity contribution < 1.29 is 9.53 Å². The number of rotatable bonds is 4. The molecular formula is C19H24ClNO2. The van der Waals surface area contributed by atoms with E-state index in [2.05, 4.69) is 5.32 Å². The molecule has 3 nitrogen and oxygen atoms in total. The molecule has 23 heavy (non-hydrogen) atoms. The Morgan fingerprint density at radius 1 is 1.22 bits per heavy atom. The molecule has 1 aromatic rings. The number of halogens is 1. The average Bonchev–Trinajstić information content (AvgIpc) is 2.45. The molecule has 0 radical (unpaired) electrons. The number of hydrogen-bond acceptors (Lipinski definition) is 2. The van der Waals surface area contributed by atoms with E-state index in [0.29, 0.717) is 17.2 Å². The van der Waals surface area contributed by atoms with Crippen molar-refractivity contribution >= 4 is 23.2 Å². The Hall–Kier alpha value is -1.22. The van der Waals surface area contributed by atoms with Gasteiger partial charge in [-0.2, -0.15) is 0 Å². The molecule has 0 heterocycles. The van der Waals surface area contributed by atoms with Crippen molar-refractivity contribution in [2.75, 3.05) is 12.4 Å². The van der Waals surface area contributed by atoms with E-state index in [0.717, 1.165) is 23.4 Å². The number of amides is 1. The topological polar surface area (TPSA) is 38.3 Å². The molecule has 0 atom stereocenters. The molecule has 1 amide bonds. The second-order valence-corrected chi connectivity index (χ2v) is 8.40. The molecule has 0 saturated heterocycles. The van der Waals surface area contributed by atoms with Crippen molar-refractivity contribution in [1.82, 2.24) is 0 Å². The third-order valence-electron chi connectivity index (χ3n) is 6.14. The van der Waals surface area contributed by atoms with Gasteiger partial charge in [-0.05, 0) is 79.9 Å². The normalized spacial score (nSPS) is 34.4. The van der Waals surface area contributed by atoms with Crippen molar-refractivity contribution in [2.45, 2.75) is 44.9 Å². The first-order valence-electron chi connectivity index (χ1n) is 8.69. The van der Waals surface area contributed by atoms with Gasteiger partial charge >= 0.3 is 0 Å². The summed E-state index contributed by atoms with van der Waals surface area (Å²) in [7, 11) is 1.59. The molecule has 1 N–H and O–H groups in total. The summed E-state index contributed by atoms with van der Waals surface area (Å²) in [6.45, 7) is 0. The monoisotopic (exact) mass is 333 g/mol. The molecule has 0 aromatic heterocycles. The van der Waals surface area contributed by atoms with Gasteiger partial charge in [0.05, 0.1) is 12.1 Å². The lowest BCUT2D eigenvalue weighted by molar-refractivity contribution is -0.124.